The summed E-state index contributed by atoms with van der Waals surface area (Å²) in [7, 11) is 0. The van der Waals surface area contributed by atoms with Gasteiger partial charge in [0.15, 0.2) is 0 Å². The van der Waals surface area contributed by atoms with Crippen LogP contribution in [-0.2, 0) is 4.79 Å². The molecule has 1 heterocycles. The molecule has 0 atom stereocenters. The molecule has 0 unspecified atom stereocenters. The molecular weight excluding hydrogens is 324 g/mol. The molecule has 1 aliphatic rings. The maximum atomic E-state index is 12.2. The van der Waals surface area contributed by atoms with Gasteiger partial charge in [0.1, 0.15) is 6.33 Å². The number of amides is 2. The van der Waals surface area contributed by atoms with E-state index >= 15 is 0 Å². The monoisotopic (exact) mass is 344 g/mol. The van der Waals surface area contributed by atoms with Crippen LogP contribution in [0.3, 0.4) is 0 Å². The molecule has 2 amide bonds. The maximum Gasteiger partial charge on any atom is 0.319 e. The second-order valence-corrected chi connectivity index (χ2v) is 6.24. The van der Waals surface area contributed by atoms with E-state index in [1.54, 1.807) is 6.07 Å². The van der Waals surface area contributed by atoms with E-state index in [9.17, 15) is 9.59 Å². The molecule has 1 aliphatic carbocycles. The number of hydrogen-bond donors (Lipinski definition) is 3. The van der Waals surface area contributed by atoms with Crippen molar-refractivity contribution in [1.29, 1.82) is 0 Å². The summed E-state index contributed by atoms with van der Waals surface area (Å²) < 4.78 is 1.53. The van der Waals surface area contributed by atoms with Gasteiger partial charge in [0, 0.05) is 11.7 Å². The third kappa shape index (κ3) is 4.11. The lowest BCUT2D eigenvalue weighted by Crippen LogP contribution is -2.41. The molecule has 9 nitrogen and oxygen atoms in total. The van der Waals surface area contributed by atoms with Crippen LogP contribution in [0.25, 0.3) is 5.69 Å². The quantitative estimate of drug-likeness (QED) is 0.776. The highest BCUT2D eigenvalue weighted by molar-refractivity contribution is 5.89. The number of nitrogens with zero attached hydrogens (tertiary/aromatic N) is 4. The first kappa shape index (κ1) is 16.9. The summed E-state index contributed by atoms with van der Waals surface area (Å²) in [5.41, 5.74) is 2.39. The fraction of sp³-hybridized carbons (Fsp3) is 0.438. The zero-order chi connectivity index (χ0) is 17.8. The Hall–Kier alpha value is -2.97. The maximum absolute atomic E-state index is 12.2. The van der Waals surface area contributed by atoms with Gasteiger partial charge in [-0.2, -0.15) is 0 Å². The summed E-state index contributed by atoms with van der Waals surface area (Å²) in [6.07, 6.45) is 4.03. The number of rotatable bonds is 4. The van der Waals surface area contributed by atoms with Crippen LogP contribution in [0.5, 0.6) is 0 Å². The molecule has 0 spiro atoms. The average molecular weight is 344 g/mol. The minimum Gasteiger partial charge on any atom is -0.481 e. The number of aromatic nitrogens is 4. The number of carbonyl (C=O) groups excluding carboxylic acids is 1. The first-order chi connectivity index (χ1) is 12.0. The van der Waals surface area contributed by atoms with E-state index in [-0.39, 0.29) is 18.0 Å². The molecule has 1 saturated carbocycles. The summed E-state index contributed by atoms with van der Waals surface area (Å²) in [5.74, 6) is -1.05. The van der Waals surface area contributed by atoms with Crippen LogP contribution in [0.2, 0.25) is 0 Å². The van der Waals surface area contributed by atoms with Crippen molar-refractivity contribution in [2.45, 2.75) is 38.6 Å². The Labute approximate surface area is 144 Å². The number of tetrazole rings is 1. The van der Waals surface area contributed by atoms with Gasteiger partial charge < -0.3 is 15.7 Å². The van der Waals surface area contributed by atoms with Crippen LogP contribution < -0.4 is 10.6 Å². The summed E-state index contributed by atoms with van der Waals surface area (Å²) in [5, 5.41) is 25.8. The smallest absolute Gasteiger partial charge is 0.319 e. The van der Waals surface area contributed by atoms with Crippen molar-refractivity contribution in [3.63, 3.8) is 0 Å². The topological polar surface area (TPSA) is 122 Å². The number of benzene rings is 1. The summed E-state index contributed by atoms with van der Waals surface area (Å²) in [6, 6.07) is 5.19. The molecule has 0 saturated heterocycles. The van der Waals surface area contributed by atoms with Gasteiger partial charge >= 0.3 is 12.0 Å². The van der Waals surface area contributed by atoms with Crippen LogP contribution >= 0.6 is 0 Å². The molecule has 132 valence electrons. The van der Waals surface area contributed by atoms with Gasteiger partial charge in [-0.1, -0.05) is 6.07 Å². The van der Waals surface area contributed by atoms with Crippen LogP contribution in [0.15, 0.2) is 24.5 Å². The van der Waals surface area contributed by atoms with Gasteiger partial charge in [-0.05, 0) is 60.7 Å². The number of urea groups is 1. The number of carboxylic acid groups (broad SMARTS) is 1. The first-order valence-corrected chi connectivity index (χ1v) is 8.17. The predicted molar refractivity (Wildman–Crippen MR) is 89.4 cm³/mol. The van der Waals surface area contributed by atoms with Crippen molar-refractivity contribution in [3.8, 4) is 5.69 Å². The molecule has 9 heteroatoms. The highest BCUT2D eigenvalue weighted by Gasteiger charge is 2.26. The molecule has 0 aliphatic heterocycles. The molecule has 0 bridgehead atoms. The summed E-state index contributed by atoms with van der Waals surface area (Å²) >= 11 is 0. The van der Waals surface area contributed by atoms with Gasteiger partial charge in [0.2, 0.25) is 0 Å². The number of hydrogen-bond acceptors (Lipinski definition) is 5. The zero-order valence-electron chi connectivity index (χ0n) is 13.8. The third-order valence-electron chi connectivity index (χ3n) is 4.47. The van der Waals surface area contributed by atoms with E-state index < -0.39 is 5.97 Å². The lowest BCUT2D eigenvalue weighted by Gasteiger charge is -2.26. The number of carbonyl (C=O) groups is 2. The second kappa shape index (κ2) is 7.29. The molecule has 3 N–H and O–H groups in total. The lowest BCUT2D eigenvalue weighted by molar-refractivity contribution is -0.142. The lowest BCUT2D eigenvalue weighted by atomic mass is 9.86. The highest BCUT2D eigenvalue weighted by Crippen LogP contribution is 2.24. The number of aryl methyl sites for hydroxylation is 1. The standard InChI is InChI=1S/C16H20N6O3/c1-10-2-5-13(8-14(10)22-9-17-20-21-22)19-16(25)18-12-6-3-11(4-7-12)15(23)24/h2,5,8-9,11-12H,3-4,6-7H2,1H3,(H,23,24)(H2,18,19,25). The molecule has 2 aromatic rings. The van der Waals surface area contributed by atoms with Gasteiger partial charge in [0.05, 0.1) is 11.6 Å². The number of nitrogens with one attached hydrogen (secondary N) is 2. The van der Waals surface area contributed by atoms with Crippen molar-refractivity contribution in [1.82, 2.24) is 25.5 Å². The van der Waals surface area contributed by atoms with Crippen LogP contribution in [0.4, 0.5) is 10.5 Å². The van der Waals surface area contributed by atoms with E-state index in [2.05, 4.69) is 26.2 Å². The Morgan fingerprint density at radius 3 is 2.64 bits per heavy atom. The average Bonchev–Trinajstić information content (AvgIpc) is 3.11. The fourth-order valence-electron chi connectivity index (χ4n) is 3.04. The van der Waals surface area contributed by atoms with Crippen molar-refractivity contribution in [2.24, 2.45) is 5.92 Å². The molecule has 1 aromatic heterocycles. The van der Waals surface area contributed by atoms with Gasteiger partial charge in [-0.25, -0.2) is 9.48 Å². The second-order valence-electron chi connectivity index (χ2n) is 6.24. The van der Waals surface area contributed by atoms with Crippen molar-refractivity contribution in [3.05, 3.63) is 30.1 Å². The number of carboxylic acids is 1. The normalized spacial score (nSPS) is 20.0. The first-order valence-electron chi connectivity index (χ1n) is 8.17. The largest absolute Gasteiger partial charge is 0.481 e. The van der Waals surface area contributed by atoms with E-state index in [1.165, 1.54) is 11.0 Å². The third-order valence-corrected chi connectivity index (χ3v) is 4.47. The van der Waals surface area contributed by atoms with Gasteiger partial charge in [-0.3, -0.25) is 4.79 Å². The van der Waals surface area contributed by atoms with E-state index in [1.807, 2.05) is 19.1 Å². The van der Waals surface area contributed by atoms with E-state index in [4.69, 9.17) is 5.11 Å². The number of anilines is 1. The van der Waals surface area contributed by atoms with E-state index in [0.717, 1.165) is 11.3 Å². The Bertz CT molecular complexity index is 753. The van der Waals surface area contributed by atoms with Gasteiger partial charge in [-0.15, -0.1) is 5.10 Å². The minimum atomic E-state index is -0.752. The SMILES string of the molecule is Cc1ccc(NC(=O)NC2CCC(C(=O)O)CC2)cc1-n1cnnn1. The molecule has 25 heavy (non-hydrogen) atoms. The summed E-state index contributed by atoms with van der Waals surface area (Å²) in [6.45, 7) is 1.93. The van der Waals surface area contributed by atoms with Crippen molar-refractivity contribution in [2.75, 3.05) is 5.32 Å². The minimum absolute atomic E-state index is 0.0000317. The van der Waals surface area contributed by atoms with Crippen LogP contribution in [0, 0.1) is 12.8 Å². The summed E-state index contributed by atoms with van der Waals surface area (Å²) in [4.78, 5) is 23.2. The van der Waals surface area contributed by atoms with Crippen LogP contribution in [0.1, 0.15) is 31.2 Å². The Kier molecular flexibility index (Phi) is 4.92. The Balaban J connectivity index is 1.58. The van der Waals surface area contributed by atoms with Crippen molar-refractivity contribution >= 4 is 17.7 Å². The van der Waals surface area contributed by atoms with Gasteiger partial charge in [0.25, 0.3) is 0 Å². The Morgan fingerprint density at radius 1 is 1.24 bits per heavy atom. The van der Waals surface area contributed by atoms with Crippen LogP contribution in [-0.4, -0.2) is 43.4 Å². The predicted octanol–water partition coefficient (Wildman–Crippen LogP) is 1.74. The van der Waals surface area contributed by atoms with E-state index in [0.29, 0.717) is 31.4 Å². The molecule has 1 aromatic carbocycles. The zero-order valence-corrected chi connectivity index (χ0v) is 13.8. The fourth-order valence-corrected chi connectivity index (χ4v) is 3.04. The molecule has 1 fully saturated rings. The molecular formula is C16H20N6O3. The highest BCUT2D eigenvalue weighted by atomic mass is 16.4. The van der Waals surface area contributed by atoms with Crippen molar-refractivity contribution < 1.29 is 14.7 Å². The molecule has 3 rings (SSSR count). The molecule has 0 radical (unpaired) electrons. The number of aliphatic carboxylic acids is 1. The Morgan fingerprint density at radius 2 is 2.00 bits per heavy atom.